The van der Waals surface area contributed by atoms with Crippen molar-refractivity contribution in [3.05, 3.63) is 34.6 Å². The van der Waals surface area contributed by atoms with Crippen LogP contribution in [0.4, 0.5) is 4.39 Å². The SMILES string of the molecule is CCCNC(Cc1ccc(Cl)cc1F)C1CCCCO1. The zero-order chi connectivity index (χ0) is 14.4. The highest BCUT2D eigenvalue weighted by Gasteiger charge is 2.25. The minimum atomic E-state index is -0.225. The van der Waals surface area contributed by atoms with Gasteiger partial charge in [0.15, 0.2) is 0 Å². The lowest BCUT2D eigenvalue weighted by molar-refractivity contribution is -0.00751. The van der Waals surface area contributed by atoms with Crippen LogP contribution in [0.2, 0.25) is 5.02 Å². The molecule has 1 N–H and O–H groups in total. The van der Waals surface area contributed by atoms with Gasteiger partial charge in [-0.15, -0.1) is 0 Å². The molecule has 20 heavy (non-hydrogen) atoms. The topological polar surface area (TPSA) is 21.3 Å². The van der Waals surface area contributed by atoms with Crippen LogP contribution >= 0.6 is 11.6 Å². The highest BCUT2D eigenvalue weighted by molar-refractivity contribution is 6.30. The molecule has 0 bridgehead atoms. The van der Waals surface area contributed by atoms with Gasteiger partial charge in [-0.3, -0.25) is 0 Å². The third-order valence-corrected chi connectivity index (χ3v) is 4.01. The molecule has 1 fully saturated rings. The Balaban J connectivity index is 2.05. The van der Waals surface area contributed by atoms with Crippen molar-refractivity contribution in [2.24, 2.45) is 0 Å². The van der Waals surface area contributed by atoms with E-state index in [1.807, 2.05) is 0 Å². The summed E-state index contributed by atoms with van der Waals surface area (Å²) in [5, 5.41) is 3.95. The number of halogens is 2. The zero-order valence-electron chi connectivity index (χ0n) is 12.0. The molecule has 0 saturated carbocycles. The van der Waals surface area contributed by atoms with E-state index in [-0.39, 0.29) is 18.0 Å². The summed E-state index contributed by atoms with van der Waals surface area (Å²) in [4.78, 5) is 0. The molecule has 2 atom stereocenters. The second-order valence-corrected chi connectivity index (χ2v) is 5.84. The Hall–Kier alpha value is -0.640. The molecule has 0 spiro atoms. The summed E-state index contributed by atoms with van der Waals surface area (Å²) in [5.41, 5.74) is 0.706. The van der Waals surface area contributed by atoms with E-state index in [0.717, 1.165) is 32.4 Å². The molecular formula is C16H23ClFNO. The summed E-state index contributed by atoms with van der Waals surface area (Å²) in [5.74, 6) is -0.225. The maximum Gasteiger partial charge on any atom is 0.127 e. The second kappa shape index (κ2) is 7.96. The fourth-order valence-corrected chi connectivity index (χ4v) is 2.83. The molecule has 112 valence electrons. The Morgan fingerprint density at radius 3 is 2.95 bits per heavy atom. The summed E-state index contributed by atoms with van der Waals surface area (Å²) < 4.78 is 19.8. The number of nitrogens with one attached hydrogen (secondary N) is 1. The van der Waals surface area contributed by atoms with Crippen LogP contribution in [0.15, 0.2) is 18.2 Å². The molecule has 1 aliphatic heterocycles. The standard InChI is InChI=1S/C16H23ClFNO/c1-2-8-19-15(16-5-3-4-9-20-16)10-12-6-7-13(17)11-14(12)18/h6-7,11,15-16,19H,2-5,8-10H2,1H3. The molecule has 0 aliphatic carbocycles. The van der Waals surface area contributed by atoms with Crippen molar-refractivity contribution in [3.8, 4) is 0 Å². The Labute approximate surface area is 125 Å². The maximum absolute atomic E-state index is 13.9. The molecule has 2 rings (SSSR count). The summed E-state index contributed by atoms with van der Waals surface area (Å²) in [7, 11) is 0. The van der Waals surface area contributed by atoms with Crippen LogP contribution in [0, 0.1) is 5.82 Å². The molecule has 4 heteroatoms. The first-order valence-electron chi connectivity index (χ1n) is 7.49. The zero-order valence-corrected chi connectivity index (χ0v) is 12.8. The quantitative estimate of drug-likeness (QED) is 0.858. The Bertz CT molecular complexity index is 421. The van der Waals surface area contributed by atoms with E-state index in [1.54, 1.807) is 12.1 Å². The lowest BCUT2D eigenvalue weighted by atomic mass is 9.95. The molecule has 1 saturated heterocycles. The normalized spacial score (nSPS) is 20.9. The number of hydrogen-bond acceptors (Lipinski definition) is 2. The van der Waals surface area contributed by atoms with E-state index in [2.05, 4.69) is 12.2 Å². The first-order valence-corrected chi connectivity index (χ1v) is 7.87. The van der Waals surface area contributed by atoms with Gasteiger partial charge in [-0.25, -0.2) is 4.39 Å². The lowest BCUT2D eigenvalue weighted by Gasteiger charge is -2.31. The largest absolute Gasteiger partial charge is 0.377 e. The highest BCUT2D eigenvalue weighted by Crippen LogP contribution is 2.21. The predicted molar refractivity (Wildman–Crippen MR) is 80.8 cm³/mol. The van der Waals surface area contributed by atoms with Crippen LogP contribution in [0.3, 0.4) is 0 Å². The summed E-state index contributed by atoms with van der Waals surface area (Å²) in [6.07, 6.45) is 5.27. The molecule has 1 aromatic carbocycles. The van der Waals surface area contributed by atoms with Crippen LogP contribution in [0.5, 0.6) is 0 Å². The average molecular weight is 300 g/mol. The molecular weight excluding hydrogens is 277 g/mol. The summed E-state index contributed by atoms with van der Waals surface area (Å²) in [6.45, 7) is 3.88. The molecule has 0 aromatic heterocycles. The van der Waals surface area contributed by atoms with Crippen molar-refractivity contribution in [2.45, 2.75) is 51.2 Å². The number of ether oxygens (including phenoxy) is 1. The van der Waals surface area contributed by atoms with Gasteiger partial charge in [-0.05, 0) is 56.3 Å². The van der Waals surface area contributed by atoms with Gasteiger partial charge in [-0.2, -0.15) is 0 Å². The lowest BCUT2D eigenvalue weighted by Crippen LogP contribution is -2.44. The number of rotatable bonds is 6. The van der Waals surface area contributed by atoms with Crippen molar-refractivity contribution in [1.29, 1.82) is 0 Å². The number of hydrogen-bond donors (Lipinski definition) is 1. The van der Waals surface area contributed by atoms with Gasteiger partial charge < -0.3 is 10.1 Å². The molecule has 0 radical (unpaired) electrons. The highest BCUT2D eigenvalue weighted by atomic mass is 35.5. The van der Waals surface area contributed by atoms with E-state index >= 15 is 0 Å². The first kappa shape index (κ1) is 15.7. The van der Waals surface area contributed by atoms with Gasteiger partial charge >= 0.3 is 0 Å². The smallest absolute Gasteiger partial charge is 0.127 e. The van der Waals surface area contributed by atoms with E-state index in [1.165, 1.54) is 12.5 Å². The van der Waals surface area contributed by atoms with Crippen LogP contribution in [-0.4, -0.2) is 25.3 Å². The Morgan fingerprint density at radius 1 is 1.45 bits per heavy atom. The van der Waals surface area contributed by atoms with Crippen molar-refractivity contribution in [1.82, 2.24) is 5.32 Å². The van der Waals surface area contributed by atoms with Crippen LogP contribution in [0.25, 0.3) is 0 Å². The Kier molecular flexibility index (Phi) is 6.27. The summed E-state index contributed by atoms with van der Waals surface area (Å²) >= 11 is 5.81. The fourth-order valence-electron chi connectivity index (χ4n) is 2.67. The molecule has 2 nitrogen and oxygen atoms in total. The van der Waals surface area contributed by atoms with Crippen LogP contribution in [-0.2, 0) is 11.2 Å². The average Bonchev–Trinajstić information content (AvgIpc) is 2.46. The van der Waals surface area contributed by atoms with E-state index in [0.29, 0.717) is 17.0 Å². The Morgan fingerprint density at radius 2 is 2.30 bits per heavy atom. The number of benzene rings is 1. The van der Waals surface area contributed by atoms with Crippen molar-refractivity contribution >= 4 is 11.6 Å². The van der Waals surface area contributed by atoms with Crippen LogP contribution < -0.4 is 5.32 Å². The fraction of sp³-hybridized carbons (Fsp3) is 0.625. The third-order valence-electron chi connectivity index (χ3n) is 3.78. The molecule has 1 heterocycles. The van der Waals surface area contributed by atoms with E-state index in [9.17, 15) is 4.39 Å². The van der Waals surface area contributed by atoms with Gasteiger partial charge in [0.1, 0.15) is 5.82 Å². The van der Waals surface area contributed by atoms with Crippen molar-refractivity contribution in [3.63, 3.8) is 0 Å². The van der Waals surface area contributed by atoms with Gasteiger partial charge in [0.05, 0.1) is 6.10 Å². The van der Waals surface area contributed by atoms with Crippen LogP contribution in [0.1, 0.15) is 38.2 Å². The second-order valence-electron chi connectivity index (χ2n) is 5.41. The molecule has 2 unspecified atom stereocenters. The first-order chi connectivity index (χ1) is 9.70. The molecule has 1 aromatic rings. The molecule has 0 amide bonds. The van der Waals surface area contributed by atoms with Gasteiger partial charge in [0, 0.05) is 17.7 Å². The van der Waals surface area contributed by atoms with Gasteiger partial charge in [0.2, 0.25) is 0 Å². The maximum atomic E-state index is 13.9. The van der Waals surface area contributed by atoms with Crippen molar-refractivity contribution in [2.75, 3.05) is 13.2 Å². The van der Waals surface area contributed by atoms with E-state index in [4.69, 9.17) is 16.3 Å². The van der Waals surface area contributed by atoms with Crippen molar-refractivity contribution < 1.29 is 9.13 Å². The van der Waals surface area contributed by atoms with E-state index < -0.39 is 0 Å². The molecule has 1 aliphatic rings. The minimum Gasteiger partial charge on any atom is -0.377 e. The summed E-state index contributed by atoms with van der Waals surface area (Å²) in [6, 6.07) is 5.08. The monoisotopic (exact) mass is 299 g/mol. The van der Waals surface area contributed by atoms with Gasteiger partial charge in [0.25, 0.3) is 0 Å². The van der Waals surface area contributed by atoms with Gasteiger partial charge in [-0.1, -0.05) is 24.6 Å². The third kappa shape index (κ3) is 4.44. The minimum absolute atomic E-state index is 0.172. The predicted octanol–water partition coefficient (Wildman–Crippen LogP) is 3.96.